The average molecular weight is 287 g/mol. The first kappa shape index (κ1) is 13.5. The van der Waals surface area contributed by atoms with E-state index in [9.17, 15) is 4.79 Å². The monoisotopic (exact) mass is 287 g/mol. The van der Waals surface area contributed by atoms with Gasteiger partial charge in [-0.2, -0.15) is 10.2 Å². The summed E-state index contributed by atoms with van der Waals surface area (Å²) in [4.78, 5) is 14.0. The van der Waals surface area contributed by atoms with Crippen LogP contribution in [0.2, 0.25) is 0 Å². The highest BCUT2D eigenvalue weighted by atomic mass is 16.5. The van der Waals surface area contributed by atoms with E-state index in [0.29, 0.717) is 30.6 Å². The SMILES string of the molecule is Cc1ccc(OCC2CCN(C(=O)c3ccn[nH]3)C2)nn1. The van der Waals surface area contributed by atoms with Gasteiger partial charge in [-0.25, -0.2) is 0 Å². The van der Waals surface area contributed by atoms with Crippen molar-refractivity contribution in [1.29, 1.82) is 0 Å². The Bertz CT molecular complexity index is 596. The molecule has 110 valence electrons. The third kappa shape index (κ3) is 3.18. The van der Waals surface area contributed by atoms with Crippen molar-refractivity contribution in [2.75, 3.05) is 19.7 Å². The minimum atomic E-state index is -0.00914. The van der Waals surface area contributed by atoms with Gasteiger partial charge in [0.15, 0.2) is 0 Å². The molecule has 0 aliphatic carbocycles. The highest BCUT2D eigenvalue weighted by molar-refractivity contribution is 5.92. The zero-order chi connectivity index (χ0) is 14.7. The van der Waals surface area contributed by atoms with Gasteiger partial charge in [0.25, 0.3) is 5.91 Å². The van der Waals surface area contributed by atoms with Crippen molar-refractivity contribution in [2.45, 2.75) is 13.3 Å². The van der Waals surface area contributed by atoms with Crippen LogP contribution in [0.15, 0.2) is 24.4 Å². The van der Waals surface area contributed by atoms with Gasteiger partial charge in [-0.1, -0.05) is 0 Å². The van der Waals surface area contributed by atoms with Crippen molar-refractivity contribution in [3.8, 4) is 5.88 Å². The molecule has 1 saturated heterocycles. The molecule has 0 radical (unpaired) electrons. The Kier molecular flexibility index (Phi) is 3.81. The Labute approximate surface area is 122 Å². The van der Waals surface area contributed by atoms with E-state index in [4.69, 9.17) is 4.74 Å². The van der Waals surface area contributed by atoms with Crippen molar-refractivity contribution < 1.29 is 9.53 Å². The predicted octanol–water partition coefficient (Wildman–Crippen LogP) is 1.05. The number of likely N-dealkylation sites (tertiary alicyclic amines) is 1. The van der Waals surface area contributed by atoms with Gasteiger partial charge in [-0.3, -0.25) is 9.89 Å². The molecule has 1 N–H and O–H groups in total. The van der Waals surface area contributed by atoms with E-state index < -0.39 is 0 Å². The fraction of sp³-hybridized carbons (Fsp3) is 0.429. The molecule has 1 aliphatic rings. The lowest BCUT2D eigenvalue weighted by atomic mass is 10.1. The summed E-state index contributed by atoms with van der Waals surface area (Å²) in [6.07, 6.45) is 2.51. The summed E-state index contributed by atoms with van der Waals surface area (Å²) in [5, 5.41) is 14.4. The van der Waals surface area contributed by atoms with E-state index >= 15 is 0 Å². The van der Waals surface area contributed by atoms with Crippen LogP contribution in [0.25, 0.3) is 0 Å². The van der Waals surface area contributed by atoms with Crippen LogP contribution in [0.4, 0.5) is 0 Å². The molecule has 0 aromatic carbocycles. The van der Waals surface area contributed by atoms with Gasteiger partial charge in [0, 0.05) is 31.3 Å². The molecule has 21 heavy (non-hydrogen) atoms. The summed E-state index contributed by atoms with van der Waals surface area (Å²) in [6, 6.07) is 5.36. The maximum absolute atomic E-state index is 12.2. The first-order valence-corrected chi connectivity index (χ1v) is 6.94. The maximum Gasteiger partial charge on any atom is 0.271 e. The smallest absolute Gasteiger partial charge is 0.271 e. The molecule has 7 heteroatoms. The molecule has 1 atom stereocenters. The number of rotatable bonds is 4. The molecule has 2 aromatic heterocycles. The summed E-state index contributed by atoms with van der Waals surface area (Å²) >= 11 is 0. The van der Waals surface area contributed by atoms with Crippen molar-refractivity contribution >= 4 is 5.91 Å². The number of carbonyl (C=O) groups is 1. The number of aryl methyl sites for hydroxylation is 1. The molecule has 1 fully saturated rings. The van der Waals surface area contributed by atoms with E-state index in [1.165, 1.54) is 0 Å². The van der Waals surface area contributed by atoms with Crippen molar-refractivity contribution in [1.82, 2.24) is 25.3 Å². The van der Waals surface area contributed by atoms with Gasteiger partial charge < -0.3 is 9.64 Å². The summed E-state index contributed by atoms with van der Waals surface area (Å²) in [7, 11) is 0. The van der Waals surface area contributed by atoms with Crippen LogP contribution in [-0.2, 0) is 0 Å². The van der Waals surface area contributed by atoms with Gasteiger partial charge >= 0.3 is 0 Å². The van der Waals surface area contributed by atoms with Crippen LogP contribution in [-0.4, -0.2) is 50.9 Å². The third-order valence-corrected chi connectivity index (χ3v) is 3.54. The number of hydrogen-bond donors (Lipinski definition) is 1. The molecule has 7 nitrogen and oxygen atoms in total. The fourth-order valence-electron chi connectivity index (χ4n) is 2.37. The Morgan fingerprint density at radius 3 is 3.05 bits per heavy atom. The first-order valence-electron chi connectivity index (χ1n) is 6.94. The highest BCUT2D eigenvalue weighted by Gasteiger charge is 2.28. The number of carbonyl (C=O) groups excluding carboxylic acids is 1. The zero-order valence-corrected chi connectivity index (χ0v) is 11.8. The Hall–Kier alpha value is -2.44. The van der Waals surface area contributed by atoms with Crippen molar-refractivity contribution in [3.05, 3.63) is 35.8 Å². The quantitative estimate of drug-likeness (QED) is 0.908. The molecule has 3 rings (SSSR count). The second-order valence-corrected chi connectivity index (χ2v) is 5.20. The number of aromatic nitrogens is 4. The number of aromatic amines is 1. The Balaban J connectivity index is 1.51. The summed E-state index contributed by atoms with van der Waals surface area (Å²) in [5.41, 5.74) is 1.39. The summed E-state index contributed by atoms with van der Waals surface area (Å²) in [5.74, 6) is 0.837. The van der Waals surface area contributed by atoms with Crippen LogP contribution in [0.1, 0.15) is 22.6 Å². The van der Waals surface area contributed by atoms with E-state index in [1.807, 2.05) is 24.0 Å². The van der Waals surface area contributed by atoms with Gasteiger partial charge in [0.1, 0.15) is 5.69 Å². The third-order valence-electron chi connectivity index (χ3n) is 3.54. The second kappa shape index (κ2) is 5.90. The minimum absolute atomic E-state index is 0.00914. The average Bonchev–Trinajstić information content (AvgIpc) is 3.18. The normalized spacial score (nSPS) is 18.0. The molecule has 1 amide bonds. The van der Waals surface area contributed by atoms with E-state index in [0.717, 1.165) is 18.7 Å². The highest BCUT2D eigenvalue weighted by Crippen LogP contribution is 2.19. The van der Waals surface area contributed by atoms with Crippen LogP contribution in [0.5, 0.6) is 5.88 Å². The molecular formula is C14H17N5O2. The summed E-state index contributed by atoms with van der Waals surface area (Å²) < 4.78 is 5.63. The van der Waals surface area contributed by atoms with Crippen LogP contribution >= 0.6 is 0 Å². The zero-order valence-electron chi connectivity index (χ0n) is 11.8. The lowest BCUT2D eigenvalue weighted by Crippen LogP contribution is -2.29. The topological polar surface area (TPSA) is 84.0 Å². The Morgan fingerprint density at radius 2 is 2.33 bits per heavy atom. The number of hydrogen-bond acceptors (Lipinski definition) is 5. The molecule has 0 saturated carbocycles. The lowest BCUT2D eigenvalue weighted by Gasteiger charge is -2.15. The van der Waals surface area contributed by atoms with Gasteiger partial charge in [-0.05, 0) is 25.5 Å². The van der Waals surface area contributed by atoms with E-state index in [2.05, 4.69) is 20.4 Å². The minimum Gasteiger partial charge on any atom is -0.476 e. The van der Waals surface area contributed by atoms with Crippen LogP contribution in [0.3, 0.4) is 0 Å². The fourth-order valence-corrected chi connectivity index (χ4v) is 2.37. The van der Waals surface area contributed by atoms with Gasteiger partial charge in [0.05, 0.1) is 12.3 Å². The van der Waals surface area contributed by atoms with Crippen molar-refractivity contribution in [3.63, 3.8) is 0 Å². The van der Waals surface area contributed by atoms with Gasteiger partial charge in [-0.15, -0.1) is 5.10 Å². The number of nitrogens with one attached hydrogen (secondary N) is 1. The largest absolute Gasteiger partial charge is 0.476 e. The van der Waals surface area contributed by atoms with E-state index in [-0.39, 0.29) is 5.91 Å². The first-order chi connectivity index (χ1) is 10.2. The molecule has 0 spiro atoms. The van der Waals surface area contributed by atoms with Gasteiger partial charge in [0.2, 0.25) is 5.88 Å². The molecule has 1 unspecified atom stereocenters. The molecule has 3 heterocycles. The molecule has 2 aromatic rings. The number of H-pyrrole nitrogens is 1. The molecular weight excluding hydrogens is 270 g/mol. The van der Waals surface area contributed by atoms with Crippen molar-refractivity contribution in [2.24, 2.45) is 5.92 Å². The predicted molar refractivity (Wildman–Crippen MR) is 74.9 cm³/mol. The van der Waals surface area contributed by atoms with Crippen LogP contribution in [0, 0.1) is 12.8 Å². The number of nitrogens with zero attached hydrogens (tertiary/aromatic N) is 4. The second-order valence-electron chi connectivity index (χ2n) is 5.20. The Morgan fingerprint density at radius 1 is 1.43 bits per heavy atom. The maximum atomic E-state index is 12.2. The molecule has 1 aliphatic heterocycles. The number of amides is 1. The standard InChI is InChI=1S/C14H17N5O2/c1-10-2-3-13(18-16-10)21-9-11-5-7-19(8-11)14(20)12-4-6-15-17-12/h2-4,6,11H,5,7-9H2,1H3,(H,15,17). The molecule has 0 bridgehead atoms. The van der Waals surface area contributed by atoms with E-state index in [1.54, 1.807) is 12.3 Å². The van der Waals surface area contributed by atoms with Crippen LogP contribution < -0.4 is 4.74 Å². The number of ether oxygens (including phenoxy) is 1. The lowest BCUT2D eigenvalue weighted by molar-refractivity contribution is 0.0777. The summed E-state index contributed by atoms with van der Waals surface area (Å²) in [6.45, 7) is 3.86.